The van der Waals surface area contributed by atoms with E-state index >= 15 is 0 Å². The summed E-state index contributed by atoms with van der Waals surface area (Å²) in [5.41, 5.74) is 1.03. The summed E-state index contributed by atoms with van der Waals surface area (Å²) in [6.07, 6.45) is 1.70. The largest absolute Gasteiger partial charge is 0.393 e. The van der Waals surface area contributed by atoms with Crippen LogP contribution in [0.25, 0.3) is 0 Å². The van der Waals surface area contributed by atoms with Gasteiger partial charge in [-0.1, -0.05) is 12.1 Å². The van der Waals surface area contributed by atoms with E-state index in [0.29, 0.717) is 18.2 Å². The lowest BCUT2D eigenvalue weighted by molar-refractivity contribution is -0.127. The van der Waals surface area contributed by atoms with Crippen molar-refractivity contribution in [3.8, 4) is 0 Å². The number of fused-ring (bicyclic) bond motifs is 1. The summed E-state index contributed by atoms with van der Waals surface area (Å²) >= 11 is 1.56. The predicted octanol–water partition coefficient (Wildman–Crippen LogP) is 2.29. The third-order valence-electron chi connectivity index (χ3n) is 4.58. The van der Waals surface area contributed by atoms with E-state index in [1.807, 2.05) is 4.90 Å². The van der Waals surface area contributed by atoms with Gasteiger partial charge in [0, 0.05) is 24.8 Å². The Balaban J connectivity index is 1.44. The van der Waals surface area contributed by atoms with Gasteiger partial charge in [0.25, 0.3) is 0 Å². The highest BCUT2D eigenvalue weighted by Crippen LogP contribution is 2.38. The second-order valence-electron chi connectivity index (χ2n) is 5.99. The van der Waals surface area contributed by atoms with Crippen molar-refractivity contribution in [3.05, 3.63) is 35.6 Å². The highest BCUT2D eigenvalue weighted by atomic mass is 32.2. The Hall–Kier alpha value is -1.07. The number of rotatable bonds is 4. The van der Waals surface area contributed by atoms with Gasteiger partial charge in [-0.2, -0.15) is 0 Å². The lowest BCUT2D eigenvalue weighted by atomic mass is 10.00. The van der Waals surface area contributed by atoms with Gasteiger partial charge in [0.05, 0.1) is 11.9 Å². The Morgan fingerprint density at radius 2 is 2.05 bits per heavy atom. The molecule has 1 aliphatic carbocycles. The van der Waals surface area contributed by atoms with Crippen LogP contribution in [0.5, 0.6) is 0 Å². The Bertz CT molecular complexity index is 508. The maximum Gasteiger partial charge on any atom is 0.232 e. The monoisotopic (exact) mass is 309 g/mol. The zero-order valence-electron chi connectivity index (χ0n) is 11.9. The number of amides is 1. The molecule has 1 aromatic rings. The van der Waals surface area contributed by atoms with Crippen LogP contribution in [0.15, 0.2) is 24.3 Å². The Morgan fingerprint density at radius 3 is 2.76 bits per heavy atom. The Kier molecular flexibility index (Phi) is 4.50. The number of thioether (sulfide) groups is 1. The highest BCUT2D eigenvalue weighted by Gasteiger charge is 2.42. The van der Waals surface area contributed by atoms with Crippen molar-refractivity contribution in [1.82, 2.24) is 4.90 Å². The summed E-state index contributed by atoms with van der Waals surface area (Å²) in [6.45, 7) is 1.51. The van der Waals surface area contributed by atoms with Crippen LogP contribution in [0.3, 0.4) is 0 Å². The molecule has 1 heterocycles. The second-order valence-corrected chi connectivity index (χ2v) is 6.97. The number of likely N-dealkylation sites (tertiary alicyclic amines) is 1. The first kappa shape index (κ1) is 14.9. The summed E-state index contributed by atoms with van der Waals surface area (Å²) in [5, 5.41) is 9.87. The Morgan fingerprint density at radius 1 is 1.29 bits per heavy atom. The molecule has 1 amide bonds. The molecule has 0 aromatic heterocycles. The fourth-order valence-electron chi connectivity index (χ4n) is 3.37. The smallest absolute Gasteiger partial charge is 0.232 e. The number of carbonyl (C=O) groups is 1. The molecule has 0 bridgehead atoms. The van der Waals surface area contributed by atoms with Crippen molar-refractivity contribution < 1.29 is 14.3 Å². The van der Waals surface area contributed by atoms with Crippen molar-refractivity contribution in [3.63, 3.8) is 0 Å². The number of nitrogens with zero attached hydrogens (tertiary/aromatic N) is 1. The SMILES string of the molecule is O=C(CSCc1ccc(F)cc1)N1CC2CCC(O)C2C1. The lowest BCUT2D eigenvalue weighted by Crippen LogP contribution is -2.32. The molecule has 2 fully saturated rings. The average molecular weight is 309 g/mol. The molecule has 1 N–H and O–H groups in total. The molecule has 1 aromatic carbocycles. The first-order valence-electron chi connectivity index (χ1n) is 7.41. The van der Waals surface area contributed by atoms with E-state index in [1.165, 1.54) is 12.1 Å². The second kappa shape index (κ2) is 6.36. The minimum atomic E-state index is -0.234. The first-order valence-corrected chi connectivity index (χ1v) is 8.57. The molecule has 3 unspecified atom stereocenters. The molecule has 114 valence electrons. The lowest BCUT2D eigenvalue weighted by Gasteiger charge is -2.18. The molecule has 3 atom stereocenters. The van der Waals surface area contributed by atoms with Crippen molar-refractivity contribution in [2.24, 2.45) is 11.8 Å². The quantitative estimate of drug-likeness (QED) is 0.928. The van der Waals surface area contributed by atoms with Crippen molar-refractivity contribution in [1.29, 1.82) is 0 Å². The summed E-state index contributed by atoms with van der Waals surface area (Å²) in [7, 11) is 0. The van der Waals surface area contributed by atoms with Crippen LogP contribution < -0.4 is 0 Å². The van der Waals surface area contributed by atoms with E-state index < -0.39 is 0 Å². The van der Waals surface area contributed by atoms with Crippen LogP contribution in [-0.4, -0.2) is 40.9 Å². The van der Waals surface area contributed by atoms with E-state index in [0.717, 1.165) is 30.7 Å². The van der Waals surface area contributed by atoms with Gasteiger partial charge in [0.2, 0.25) is 5.91 Å². The van der Waals surface area contributed by atoms with Crippen LogP contribution in [0.1, 0.15) is 18.4 Å². The van der Waals surface area contributed by atoms with Gasteiger partial charge >= 0.3 is 0 Å². The fourth-order valence-corrected chi connectivity index (χ4v) is 4.26. The molecule has 2 aliphatic rings. The number of halogens is 1. The van der Waals surface area contributed by atoms with Crippen molar-refractivity contribution in [2.75, 3.05) is 18.8 Å². The van der Waals surface area contributed by atoms with Gasteiger partial charge in [0.1, 0.15) is 5.82 Å². The maximum absolute atomic E-state index is 12.8. The molecule has 1 saturated carbocycles. The standard InChI is InChI=1S/C16H20FNO2S/c17-13-4-1-11(2-5-13)9-21-10-16(20)18-7-12-3-6-15(19)14(12)8-18/h1-2,4-5,12,14-15,19H,3,6-10H2. The molecule has 1 aliphatic heterocycles. The van der Waals surface area contributed by atoms with Crippen molar-refractivity contribution in [2.45, 2.75) is 24.7 Å². The summed E-state index contributed by atoms with van der Waals surface area (Å²) in [6, 6.07) is 6.40. The summed E-state index contributed by atoms with van der Waals surface area (Å²) in [4.78, 5) is 14.1. The Labute approximate surface area is 128 Å². The van der Waals surface area contributed by atoms with Crippen LogP contribution >= 0.6 is 11.8 Å². The topological polar surface area (TPSA) is 40.5 Å². The van der Waals surface area contributed by atoms with Gasteiger partial charge in [-0.3, -0.25) is 4.79 Å². The fraction of sp³-hybridized carbons (Fsp3) is 0.562. The van der Waals surface area contributed by atoms with Crippen LogP contribution in [0.4, 0.5) is 4.39 Å². The molecule has 1 saturated heterocycles. The van der Waals surface area contributed by atoms with E-state index in [4.69, 9.17) is 0 Å². The summed E-state index contributed by atoms with van der Waals surface area (Å²) in [5.74, 6) is 1.87. The van der Waals surface area contributed by atoms with E-state index in [2.05, 4.69) is 0 Å². The third kappa shape index (κ3) is 3.40. The van der Waals surface area contributed by atoms with Gasteiger partial charge in [-0.25, -0.2) is 4.39 Å². The van der Waals surface area contributed by atoms with E-state index in [-0.39, 0.29) is 23.7 Å². The highest BCUT2D eigenvalue weighted by molar-refractivity contribution is 7.99. The predicted molar refractivity (Wildman–Crippen MR) is 81.4 cm³/mol. The normalized spacial score (nSPS) is 27.9. The van der Waals surface area contributed by atoms with Gasteiger partial charge in [-0.15, -0.1) is 11.8 Å². The van der Waals surface area contributed by atoms with Crippen LogP contribution in [-0.2, 0) is 10.5 Å². The zero-order chi connectivity index (χ0) is 14.8. The molecule has 5 heteroatoms. The molecule has 0 spiro atoms. The number of aliphatic hydroxyl groups excluding tert-OH is 1. The minimum absolute atomic E-state index is 0.156. The van der Waals surface area contributed by atoms with E-state index in [9.17, 15) is 14.3 Å². The molecule has 0 radical (unpaired) electrons. The minimum Gasteiger partial charge on any atom is -0.393 e. The van der Waals surface area contributed by atoms with Gasteiger partial charge < -0.3 is 10.0 Å². The molecular formula is C16H20FNO2S. The summed E-state index contributed by atoms with van der Waals surface area (Å²) < 4.78 is 12.8. The number of hydrogen-bond acceptors (Lipinski definition) is 3. The van der Waals surface area contributed by atoms with E-state index in [1.54, 1.807) is 23.9 Å². The number of benzene rings is 1. The number of hydrogen-bond donors (Lipinski definition) is 1. The average Bonchev–Trinajstić information content (AvgIpc) is 3.04. The third-order valence-corrected chi connectivity index (χ3v) is 5.57. The maximum atomic E-state index is 12.8. The number of carbonyl (C=O) groups excluding carboxylic acids is 1. The molecule has 3 rings (SSSR count). The van der Waals surface area contributed by atoms with Crippen molar-refractivity contribution >= 4 is 17.7 Å². The molecule has 21 heavy (non-hydrogen) atoms. The van der Waals surface area contributed by atoms with Gasteiger partial charge in [-0.05, 0) is 36.5 Å². The zero-order valence-corrected chi connectivity index (χ0v) is 12.7. The first-order chi connectivity index (χ1) is 10.1. The van der Waals surface area contributed by atoms with Crippen LogP contribution in [0, 0.1) is 17.7 Å². The number of aliphatic hydroxyl groups is 1. The van der Waals surface area contributed by atoms with Crippen LogP contribution in [0.2, 0.25) is 0 Å². The molecule has 3 nitrogen and oxygen atoms in total. The molecular weight excluding hydrogens is 289 g/mol. The van der Waals surface area contributed by atoms with Gasteiger partial charge in [0.15, 0.2) is 0 Å².